The van der Waals surface area contributed by atoms with Crippen molar-refractivity contribution in [3.8, 4) is 0 Å². The molecule has 2 unspecified atom stereocenters. The van der Waals surface area contributed by atoms with E-state index in [4.69, 9.17) is 5.11 Å². The zero-order chi connectivity index (χ0) is 17.3. The first-order chi connectivity index (χ1) is 10.6. The third-order valence-electron chi connectivity index (χ3n) is 3.93. The molecule has 1 amide bonds. The highest BCUT2D eigenvalue weighted by Gasteiger charge is 2.48. The Hall–Kier alpha value is -2.12. The summed E-state index contributed by atoms with van der Waals surface area (Å²) in [7, 11) is 0. The number of nitrogens with zero attached hydrogens (tertiary/aromatic N) is 1. The van der Waals surface area contributed by atoms with Gasteiger partial charge in [-0.1, -0.05) is 30.3 Å². The van der Waals surface area contributed by atoms with Gasteiger partial charge in [0.2, 0.25) is 11.6 Å². The molecule has 126 valence electrons. The molecule has 1 aliphatic heterocycles. The average Bonchev–Trinajstić information content (AvgIpc) is 2.88. The van der Waals surface area contributed by atoms with E-state index in [1.807, 2.05) is 0 Å². The lowest BCUT2D eigenvalue weighted by Crippen LogP contribution is -2.39. The molecule has 0 bridgehead atoms. The molecule has 1 aliphatic rings. The molecule has 0 aliphatic carbocycles. The Morgan fingerprint density at radius 1 is 1.26 bits per heavy atom. The van der Waals surface area contributed by atoms with Crippen molar-refractivity contribution in [2.24, 2.45) is 0 Å². The highest BCUT2D eigenvalue weighted by Crippen LogP contribution is 2.38. The second-order valence-electron chi connectivity index (χ2n) is 5.54. The number of amides is 1. The first kappa shape index (κ1) is 17.2. The number of carbonyl (C=O) groups is 2. The van der Waals surface area contributed by atoms with Crippen molar-refractivity contribution >= 4 is 11.9 Å². The van der Waals surface area contributed by atoms with Crippen LogP contribution in [0.3, 0.4) is 0 Å². The van der Waals surface area contributed by atoms with Crippen LogP contribution in [-0.4, -0.2) is 46.8 Å². The van der Waals surface area contributed by atoms with Gasteiger partial charge < -0.3 is 10.0 Å². The van der Waals surface area contributed by atoms with Crippen LogP contribution in [0.2, 0.25) is 0 Å². The van der Waals surface area contributed by atoms with E-state index in [0.717, 1.165) is 4.90 Å². The van der Waals surface area contributed by atoms with E-state index in [2.05, 4.69) is 0 Å². The molecule has 4 nitrogen and oxygen atoms in total. The van der Waals surface area contributed by atoms with Gasteiger partial charge in [-0.15, -0.1) is 0 Å². The zero-order valence-electron chi connectivity index (χ0n) is 12.0. The number of halogens is 4. The molecule has 23 heavy (non-hydrogen) atoms. The molecule has 1 heterocycles. The van der Waals surface area contributed by atoms with Crippen LogP contribution in [0, 0.1) is 0 Å². The van der Waals surface area contributed by atoms with Crippen LogP contribution in [-0.2, 0) is 9.59 Å². The molecule has 0 spiro atoms. The number of rotatable bonds is 4. The summed E-state index contributed by atoms with van der Waals surface area (Å²) < 4.78 is 53.5. The summed E-state index contributed by atoms with van der Waals surface area (Å²) in [6.45, 7) is -0.929. The summed E-state index contributed by atoms with van der Waals surface area (Å²) in [5, 5.41) is 8.77. The van der Waals surface area contributed by atoms with E-state index in [1.165, 1.54) is 24.3 Å². The molecule has 2 atom stereocenters. The number of likely N-dealkylation sites (tertiary alicyclic amines) is 1. The maximum absolute atomic E-state index is 13.9. The number of carbonyl (C=O) groups excluding carboxylic acids is 1. The molecule has 8 heteroatoms. The summed E-state index contributed by atoms with van der Waals surface area (Å²) in [6, 6.07) is 6.97. The molecule has 0 aromatic heterocycles. The summed E-state index contributed by atoms with van der Waals surface area (Å²) in [5.74, 6) is -4.61. The summed E-state index contributed by atoms with van der Waals surface area (Å²) in [4.78, 5) is 23.7. The molecule has 0 radical (unpaired) electrons. The molecule has 2 rings (SSSR count). The molecule has 1 N–H and O–H groups in total. The van der Waals surface area contributed by atoms with Gasteiger partial charge in [0.05, 0.1) is 12.5 Å². The molecular formula is C15H15F4NO3. The number of carboxylic acids is 1. The van der Waals surface area contributed by atoms with Gasteiger partial charge in [-0.3, -0.25) is 4.79 Å². The Morgan fingerprint density at radius 3 is 2.35 bits per heavy atom. The molecule has 1 fully saturated rings. The number of carboxylic acid groups (broad SMARTS) is 1. The van der Waals surface area contributed by atoms with Crippen LogP contribution in [0.4, 0.5) is 17.6 Å². The Kier molecular flexibility index (Phi) is 4.63. The monoisotopic (exact) mass is 333 g/mol. The van der Waals surface area contributed by atoms with Crippen molar-refractivity contribution in [2.75, 3.05) is 13.1 Å². The average molecular weight is 333 g/mol. The highest BCUT2D eigenvalue weighted by atomic mass is 19.4. The smallest absolute Gasteiger partial charge is 0.396 e. The minimum absolute atomic E-state index is 0.0581. The summed E-state index contributed by atoms with van der Waals surface area (Å²) in [5.41, 5.74) is -2.65. The quantitative estimate of drug-likeness (QED) is 0.862. The van der Waals surface area contributed by atoms with Crippen LogP contribution in [0.15, 0.2) is 30.3 Å². The van der Waals surface area contributed by atoms with Gasteiger partial charge in [0.15, 0.2) is 0 Å². The third-order valence-corrected chi connectivity index (χ3v) is 3.93. The first-order valence-electron chi connectivity index (χ1n) is 6.95. The van der Waals surface area contributed by atoms with Crippen LogP contribution in [0.5, 0.6) is 0 Å². The maximum atomic E-state index is 13.9. The van der Waals surface area contributed by atoms with Crippen LogP contribution in [0.1, 0.15) is 24.3 Å². The van der Waals surface area contributed by atoms with Crippen molar-refractivity contribution in [3.63, 3.8) is 0 Å². The van der Waals surface area contributed by atoms with Crippen molar-refractivity contribution < 1.29 is 32.3 Å². The fourth-order valence-electron chi connectivity index (χ4n) is 2.57. The van der Waals surface area contributed by atoms with E-state index in [0.29, 0.717) is 0 Å². The Morgan fingerprint density at radius 2 is 1.87 bits per heavy atom. The van der Waals surface area contributed by atoms with Gasteiger partial charge >= 0.3 is 12.1 Å². The number of aliphatic carboxylic acids is 1. The van der Waals surface area contributed by atoms with Crippen molar-refractivity contribution in [2.45, 2.75) is 30.6 Å². The number of hydrogen-bond donors (Lipinski definition) is 1. The lowest BCUT2D eigenvalue weighted by atomic mass is 9.94. The standard InChI is InChI=1S/C15H15F4NO3/c16-14(13(22)23)6-7-20(9-14)12(21)8-11(15(17,18)19)10-4-2-1-3-5-10/h1-5,11H,6-9H2,(H,22,23). The summed E-state index contributed by atoms with van der Waals surface area (Å²) >= 11 is 0. The van der Waals surface area contributed by atoms with Crippen LogP contribution in [0.25, 0.3) is 0 Å². The van der Waals surface area contributed by atoms with Gasteiger partial charge in [-0.2, -0.15) is 13.2 Å². The lowest BCUT2D eigenvalue weighted by Gasteiger charge is -2.24. The van der Waals surface area contributed by atoms with E-state index < -0.39 is 49.0 Å². The Labute approximate surface area is 129 Å². The van der Waals surface area contributed by atoms with Crippen LogP contribution >= 0.6 is 0 Å². The minimum Gasteiger partial charge on any atom is -0.479 e. The maximum Gasteiger partial charge on any atom is 0.396 e. The summed E-state index contributed by atoms with van der Waals surface area (Å²) in [6.07, 6.45) is -5.92. The van der Waals surface area contributed by atoms with E-state index >= 15 is 0 Å². The van der Waals surface area contributed by atoms with Gasteiger partial charge in [0.25, 0.3) is 0 Å². The Balaban J connectivity index is 2.12. The van der Waals surface area contributed by atoms with Crippen LogP contribution < -0.4 is 0 Å². The first-order valence-corrected chi connectivity index (χ1v) is 6.95. The fourth-order valence-corrected chi connectivity index (χ4v) is 2.57. The third kappa shape index (κ3) is 3.80. The molecular weight excluding hydrogens is 318 g/mol. The lowest BCUT2D eigenvalue weighted by molar-refractivity contribution is -0.161. The van der Waals surface area contributed by atoms with Gasteiger partial charge in [-0.25, -0.2) is 9.18 Å². The molecule has 1 aromatic rings. The van der Waals surface area contributed by atoms with Crippen molar-refractivity contribution in [1.29, 1.82) is 0 Å². The van der Waals surface area contributed by atoms with E-state index in [-0.39, 0.29) is 12.1 Å². The predicted molar refractivity (Wildman–Crippen MR) is 72.5 cm³/mol. The van der Waals surface area contributed by atoms with Gasteiger partial charge in [0, 0.05) is 19.4 Å². The van der Waals surface area contributed by atoms with Gasteiger partial charge in [-0.05, 0) is 5.56 Å². The molecule has 1 aromatic carbocycles. The van der Waals surface area contributed by atoms with E-state index in [9.17, 15) is 27.2 Å². The van der Waals surface area contributed by atoms with E-state index in [1.54, 1.807) is 6.07 Å². The highest BCUT2D eigenvalue weighted by molar-refractivity contribution is 5.82. The van der Waals surface area contributed by atoms with Crippen molar-refractivity contribution in [3.05, 3.63) is 35.9 Å². The normalized spacial score (nSPS) is 22.9. The fraction of sp³-hybridized carbons (Fsp3) is 0.467. The number of hydrogen-bond acceptors (Lipinski definition) is 2. The zero-order valence-corrected chi connectivity index (χ0v) is 12.0. The molecule has 1 saturated heterocycles. The number of alkyl halides is 4. The predicted octanol–water partition coefficient (Wildman–Crippen LogP) is 2.75. The second kappa shape index (κ2) is 6.17. The van der Waals surface area contributed by atoms with Crippen molar-refractivity contribution in [1.82, 2.24) is 4.90 Å². The number of benzene rings is 1. The largest absolute Gasteiger partial charge is 0.479 e. The topological polar surface area (TPSA) is 57.6 Å². The van der Waals surface area contributed by atoms with Gasteiger partial charge in [0.1, 0.15) is 0 Å². The minimum atomic E-state index is -4.63. The second-order valence-corrected chi connectivity index (χ2v) is 5.54. The molecule has 0 saturated carbocycles. The SMILES string of the molecule is O=C(CC(c1ccccc1)C(F)(F)F)N1CCC(F)(C(=O)O)C1. The Bertz CT molecular complexity index is 590.